The van der Waals surface area contributed by atoms with Gasteiger partial charge in [0.15, 0.2) is 0 Å². The molecule has 4 heteroatoms. The molecule has 92 valence electrons. The van der Waals surface area contributed by atoms with E-state index < -0.39 is 0 Å². The second-order valence-electron chi connectivity index (χ2n) is 4.03. The van der Waals surface area contributed by atoms with E-state index in [1.807, 2.05) is 6.07 Å². The van der Waals surface area contributed by atoms with Crippen LogP contribution in [0, 0.1) is 0 Å². The molecule has 4 nitrogen and oxygen atoms in total. The average Bonchev–Trinajstić information content (AvgIpc) is 2.98. The van der Waals surface area contributed by atoms with E-state index in [0.717, 1.165) is 31.7 Å². The predicted molar refractivity (Wildman–Crippen MR) is 66.5 cm³/mol. The first kappa shape index (κ1) is 11.9. The Balaban J connectivity index is 1.91. The second-order valence-corrected chi connectivity index (χ2v) is 4.03. The smallest absolute Gasteiger partial charge is 0.0947 e. The van der Waals surface area contributed by atoms with Gasteiger partial charge in [0.05, 0.1) is 23.9 Å². The summed E-state index contributed by atoms with van der Waals surface area (Å²) in [5, 5.41) is 7.92. The molecule has 0 spiro atoms. The SMILES string of the molecule is CCc1cc(CNCc2ccoc2)n(CC)n1. The number of aromatic nitrogens is 2. The minimum Gasteiger partial charge on any atom is -0.472 e. The Morgan fingerprint density at radius 3 is 2.88 bits per heavy atom. The van der Waals surface area contributed by atoms with Crippen LogP contribution in [0.3, 0.4) is 0 Å². The van der Waals surface area contributed by atoms with Gasteiger partial charge in [0.25, 0.3) is 0 Å². The largest absolute Gasteiger partial charge is 0.472 e. The summed E-state index contributed by atoms with van der Waals surface area (Å²) in [6.45, 7) is 6.83. The molecule has 17 heavy (non-hydrogen) atoms. The third-order valence-electron chi connectivity index (χ3n) is 2.79. The lowest BCUT2D eigenvalue weighted by atomic mass is 10.3. The maximum absolute atomic E-state index is 5.03. The Bertz CT molecular complexity index is 445. The molecular formula is C13H19N3O. The molecular weight excluding hydrogens is 214 g/mol. The van der Waals surface area contributed by atoms with Crippen LogP contribution in [0.4, 0.5) is 0 Å². The average molecular weight is 233 g/mol. The lowest BCUT2D eigenvalue weighted by Gasteiger charge is -2.05. The molecule has 0 saturated carbocycles. The van der Waals surface area contributed by atoms with Crippen LogP contribution in [-0.4, -0.2) is 9.78 Å². The third kappa shape index (κ3) is 2.97. The van der Waals surface area contributed by atoms with Crippen molar-refractivity contribution in [3.05, 3.63) is 41.6 Å². The van der Waals surface area contributed by atoms with Crippen LogP contribution in [0.2, 0.25) is 0 Å². The van der Waals surface area contributed by atoms with Crippen molar-refractivity contribution in [2.24, 2.45) is 0 Å². The highest BCUT2D eigenvalue weighted by molar-refractivity contribution is 5.11. The highest BCUT2D eigenvalue weighted by Crippen LogP contribution is 2.06. The maximum Gasteiger partial charge on any atom is 0.0947 e. The highest BCUT2D eigenvalue weighted by atomic mass is 16.3. The van der Waals surface area contributed by atoms with Gasteiger partial charge in [0.1, 0.15) is 0 Å². The molecule has 0 aliphatic rings. The van der Waals surface area contributed by atoms with Gasteiger partial charge in [0.2, 0.25) is 0 Å². The van der Waals surface area contributed by atoms with Crippen molar-refractivity contribution in [1.29, 1.82) is 0 Å². The first-order valence-electron chi connectivity index (χ1n) is 6.10. The minimum absolute atomic E-state index is 0.826. The molecule has 1 N–H and O–H groups in total. The fourth-order valence-corrected chi connectivity index (χ4v) is 1.83. The fraction of sp³-hybridized carbons (Fsp3) is 0.462. The van der Waals surface area contributed by atoms with E-state index in [-0.39, 0.29) is 0 Å². The summed E-state index contributed by atoms with van der Waals surface area (Å²) in [5.74, 6) is 0. The van der Waals surface area contributed by atoms with Crippen LogP contribution in [0.25, 0.3) is 0 Å². The number of nitrogens with one attached hydrogen (secondary N) is 1. The molecule has 2 aromatic rings. The van der Waals surface area contributed by atoms with Crippen molar-refractivity contribution in [2.45, 2.75) is 39.9 Å². The zero-order valence-corrected chi connectivity index (χ0v) is 10.4. The number of aryl methyl sites for hydroxylation is 2. The Morgan fingerprint density at radius 1 is 1.35 bits per heavy atom. The summed E-state index contributed by atoms with van der Waals surface area (Å²) < 4.78 is 7.08. The van der Waals surface area contributed by atoms with Gasteiger partial charge >= 0.3 is 0 Å². The van der Waals surface area contributed by atoms with Gasteiger partial charge < -0.3 is 9.73 Å². The van der Waals surface area contributed by atoms with E-state index in [2.05, 4.69) is 35.0 Å². The van der Waals surface area contributed by atoms with Gasteiger partial charge in [-0.1, -0.05) is 6.92 Å². The summed E-state index contributed by atoms with van der Waals surface area (Å²) >= 11 is 0. The lowest BCUT2D eigenvalue weighted by Crippen LogP contribution is -2.15. The summed E-state index contributed by atoms with van der Waals surface area (Å²) in [4.78, 5) is 0. The van der Waals surface area contributed by atoms with E-state index in [4.69, 9.17) is 4.42 Å². The summed E-state index contributed by atoms with van der Waals surface area (Å²) in [7, 11) is 0. The summed E-state index contributed by atoms with van der Waals surface area (Å²) in [6, 6.07) is 4.15. The Kier molecular flexibility index (Phi) is 3.98. The minimum atomic E-state index is 0.826. The lowest BCUT2D eigenvalue weighted by molar-refractivity contribution is 0.554. The summed E-state index contributed by atoms with van der Waals surface area (Å²) in [6.07, 6.45) is 4.45. The molecule has 0 unspecified atom stereocenters. The molecule has 0 saturated heterocycles. The molecule has 0 fully saturated rings. The molecule has 2 heterocycles. The number of rotatable bonds is 6. The van der Waals surface area contributed by atoms with Gasteiger partial charge in [0, 0.05) is 25.2 Å². The molecule has 0 bridgehead atoms. The molecule has 0 radical (unpaired) electrons. The zero-order chi connectivity index (χ0) is 12.1. The van der Waals surface area contributed by atoms with Gasteiger partial charge in [-0.2, -0.15) is 5.10 Å². The Hall–Kier alpha value is -1.55. The monoisotopic (exact) mass is 233 g/mol. The van der Waals surface area contributed by atoms with E-state index in [9.17, 15) is 0 Å². The zero-order valence-electron chi connectivity index (χ0n) is 10.4. The number of hydrogen-bond acceptors (Lipinski definition) is 3. The standard InChI is InChI=1S/C13H19N3O/c1-3-12-7-13(16(4-2)15-12)9-14-8-11-5-6-17-10-11/h5-7,10,14H,3-4,8-9H2,1-2H3. The molecule has 0 aliphatic heterocycles. The van der Waals surface area contributed by atoms with Gasteiger partial charge in [-0.15, -0.1) is 0 Å². The van der Waals surface area contributed by atoms with Crippen LogP contribution < -0.4 is 5.32 Å². The quantitative estimate of drug-likeness (QED) is 0.832. The van der Waals surface area contributed by atoms with Crippen LogP contribution in [-0.2, 0) is 26.1 Å². The number of nitrogens with zero attached hydrogens (tertiary/aromatic N) is 2. The first-order valence-corrected chi connectivity index (χ1v) is 6.10. The van der Waals surface area contributed by atoms with Crippen molar-refractivity contribution < 1.29 is 4.42 Å². The molecule has 2 rings (SSSR count). The van der Waals surface area contributed by atoms with Crippen LogP contribution in [0.1, 0.15) is 30.8 Å². The van der Waals surface area contributed by atoms with Crippen LogP contribution >= 0.6 is 0 Å². The molecule has 0 aliphatic carbocycles. The molecule has 0 atom stereocenters. The predicted octanol–water partition coefficient (Wildman–Crippen LogP) is 2.35. The van der Waals surface area contributed by atoms with Gasteiger partial charge in [-0.25, -0.2) is 0 Å². The number of furan rings is 1. The van der Waals surface area contributed by atoms with E-state index in [1.54, 1.807) is 12.5 Å². The molecule has 0 aromatic carbocycles. The van der Waals surface area contributed by atoms with Crippen molar-refractivity contribution >= 4 is 0 Å². The topological polar surface area (TPSA) is 43.0 Å². The molecule has 2 aromatic heterocycles. The van der Waals surface area contributed by atoms with Crippen molar-refractivity contribution in [2.75, 3.05) is 0 Å². The van der Waals surface area contributed by atoms with E-state index in [0.29, 0.717) is 0 Å². The molecule has 0 amide bonds. The van der Waals surface area contributed by atoms with Gasteiger partial charge in [-0.3, -0.25) is 4.68 Å². The van der Waals surface area contributed by atoms with Crippen molar-refractivity contribution in [3.63, 3.8) is 0 Å². The van der Waals surface area contributed by atoms with Crippen LogP contribution in [0.5, 0.6) is 0 Å². The van der Waals surface area contributed by atoms with E-state index >= 15 is 0 Å². The maximum atomic E-state index is 5.03. The van der Waals surface area contributed by atoms with Crippen molar-refractivity contribution in [3.8, 4) is 0 Å². The summed E-state index contributed by atoms with van der Waals surface area (Å²) in [5.41, 5.74) is 3.57. The van der Waals surface area contributed by atoms with E-state index in [1.165, 1.54) is 11.3 Å². The Morgan fingerprint density at radius 2 is 2.24 bits per heavy atom. The number of hydrogen-bond donors (Lipinski definition) is 1. The van der Waals surface area contributed by atoms with Crippen LogP contribution in [0.15, 0.2) is 29.1 Å². The second kappa shape index (κ2) is 5.68. The Labute approximate surface area is 102 Å². The highest BCUT2D eigenvalue weighted by Gasteiger charge is 2.05. The first-order chi connectivity index (χ1) is 8.33. The third-order valence-corrected chi connectivity index (χ3v) is 2.79. The fourth-order valence-electron chi connectivity index (χ4n) is 1.83. The van der Waals surface area contributed by atoms with Gasteiger partial charge in [-0.05, 0) is 25.5 Å². The normalized spacial score (nSPS) is 10.9. The van der Waals surface area contributed by atoms with Crippen molar-refractivity contribution in [1.82, 2.24) is 15.1 Å².